The predicted molar refractivity (Wildman–Crippen MR) is 212 cm³/mol. The molecule has 0 bridgehead atoms. The lowest BCUT2D eigenvalue weighted by atomic mass is 9.99. The molecule has 3 aromatic heterocycles. The average molecular weight is 748 g/mol. The van der Waals surface area contributed by atoms with Gasteiger partial charge in [0.05, 0.1) is 29.4 Å². The number of aromatic amines is 1. The smallest absolute Gasteiger partial charge is 0.317 e. The number of benzene rings is 3. The Morgan fingerprint density at radius 3 is 2.36 bits per heavy atom. The number of rotatable bonds is 8. The van der Waals surface area contributed by atoms with Crippen LogP contribution in [0.4, 0.5) is 16.3 Å². The molecule has 270 valence electrons. The summed E-state index contributed by atoms with van der Waals surface area (Å²) >= 11 is 12.8. The summed E-state index contributed by atoms with van der Waals surface area (Å²) in [6.07, 6.45) is 7.28. The van der Waals surface area contributed by atoms with Crippen LogP contribution in [0, 0.1) is 0 Å². The first-order valence-corrected chi connectivity index (χ1v) is 18.9. The first kappa shape index (κ1) is 34.7. The molecule has 2 saturated heterocycles. The molecule has 6 aromatic rings. The van der Waals surface area contributed by atoms with Crippen LogP contribution in [0.15, 0.2) is 97.5 Å². The molecule has 0 radical (unpaired) electrons. The first-order valence-electron chi connectivity index (χ1n) is 18.1. The van der Waals surface area contributed by atoms with Crippen molar-refractivity contribution in [1.29, 1.82) is 0 Å². The van der Waals surface area contributed by atoms with Gasteiger partial charge in [0.1, 0.15) is 5.69 Å². The van der Waals surface area contributed by atoms with E-state index in [9.17, 15) is 9.59 Å². The molecular weight excluding hydrogens is 707 g/mol. The number of nitrogens with one attached hydrogen (secondary N) is 3. The molecule has 2 aliphatic heterocycles. The molecule has 2 fully saturated rings. The lowest BCUT2D eigenvalue weighted by Gasteiger charge is -2.34. The van der Waals surface area contributed by atoms with Crippen molar-refractivity contribution in [3.05, 3.63) is 119 Å². The second-order valence-electron chi connectivity index (χ2n) is 13.7. The lowest BCUT2D eigenvalue weighted by molar-refractivity contribution is 0.102. The molecule has 12 heteroatoms. The van der Waals surface area contributed by atoms with Gasteiger partial charge in [0.2, 0.25) is 0 Å². The predicted octanol–water partition coefficient (Wildman–Crippen LogP) is 9.04. The van der Waals surface area contributed by atoms with Crippen molar-refractivity contribution in [3.63, 3.8) is 0 Å². The number of H-pyrrole nitrogens is 1. The van der Waals surface area contributed by atoms with E-state index in [2.05, 4.69) is 32.0 Å². The Morgan fingerprint density at radius 1 is 0.868 bits per heavy atom. The van der Waals surface area contributed by atoms with Crippen LogP contribution < -0.4 is 15.5 Å². The molecule has 8 rings (SSSR count). The third kappa shape index (κ3) is 7.09. The Hall–Kier alpha value is -5.32. The molecule has 1 unspecified atom stereocenters. The van der Waals surface area contributed by atoms with E-state index in [1.165, 1.54) is 0 Å². The maximum Gasteiger partial charge on any atom is 0.317 e. The molecule has 10 nitrogen and oxygen atoms in total. The number of nitrogens with zero attached hydrogens (tertiary/aromatic N) is 5. The number of hydrogen-bond donors (Lipinski definition) is 3. The van der Waals surface area contributed by atoms with Gasteiger partial charge < -0.3 is 30.0 Å². The second kappa shape index (κ2) is 15.0. The van der Waals surface area contributed by atoms with Gasteiger partial charge in [0, 0.05) is 70.5 Å². The van der Waals surface area contributed by atoms with Crippen LogP contribution in [0.1, 0.15) is 54.7 Å². The van der Waals surface area contributed by atoms with Crippen LogP contribution in [-0.4, -0.2) is 68.6 Å². The summed E-state index contributed by atoms with van der Waals surface area (Å²) in [7, 11) is 0. The van der Waals surface area contributed by atoms with Gasteiger partial charge in [0.25, 0.3) is 5.91 Å². The van der Waals surface area contributed by atoms with E-state index in [0.29, 0.717) is 45.9 Å². The van der Waals surface area contributed by atoms with Crippen LogP contribution in [-0.2, 0) is 0 Å². The fraction of sp³-hybridized carbons (Fsp3) is 0.268. The minimum atomic E-state index is -0.319. The summed E-state index contributed by atoms with van der Waals surface area (Å²) < 4.78 is 2.11. The van der Waals surface area contributed by atoms with Crippen molar-refractivity contribution in [2.24, 2.45) is 0 Å². The summed E-state index contributed by atoms with van der Waals surface area (Å²) in [5.41, 5.74) is 5.93. The van der Waals surface area contributed by atoms with Crippen LogP contribution in [0.25, 0.3) is 33.4 Å². The summed E-state index contributed by atoms with van der Waals surface area (Å²) in [4.78, 5) is 44.5. The molecule has 3 aromatic carbocycles. The minimum absolute atomic E-state index is 0.0292. The maximum atomic E-state index is 14.6. The maximum absolute atomic E-state index is 14.6. The van der Waals surface area contributed by atoms with E-state index in [4.69, 9.17) is 33.2 Å². The zero-order valence-electron chi connectivity index (χ0n) is 29.4. The Kier molecular flexibility index (Phi) is 9.81. The number of aromatic nitrogens is 4. The minimum Gasteiger partial charge on any atom is -0.355 e. The molecule has 1 atom stereocenters. The number of urea groups is 1. The van der Waals surface area contributed by atoms with Crippen LogP contribution in [0.5, 0.6) is 0 Å². The SMILES string of the molecule is CC(c1ccc(Cl)cc1)n1cnc(-c2ccccc2)c1-c1c(C(=O)Nc2cccnc2N2CCC(NC(=O)N3CCCC3)CC2)[nH]c2cc(Cl)ccc12. The highest BCUT2D eigenvalue weighted by atomic mass is 35.5. The van der Waals surface area contributed by atoms with Crippen molar-refractivity contribution < 1.29 is 9.59 Å². The van der Waals surface area contributed by atoms with Crippen molar-refractivity contribution in [3.8, 4) is 22.5 Å². The summed E-state index contributed by atoms with van der Waals surface area (Å²) in [5.74, 6) is 0.373. The summed E-state index contributed by atoms with van der Waals surface area (Å²) in [6.45, 7) is 5.15. The number of piperidine rings is 1. The van der Waals surface area contributed by atoms with Gasteiger partial charge in [-0.25, -0.2) is 14.8 Å². The highest BCUT2D eigenvalue weighted by Crippen LogP contribution is 2.42. The van der Waals surface area contributed by atoms with Gasteiger partial charge in [-0.2, -0.15) is 0 Å². The Balaban J connectivity index is 1.14. The topological polar surface area (TPSA) is 111 Å². The highest BCUT2D eigenvalue weighted by molar-refractivity contribution is 6.31. The van der Waals surface area contributed by atoms with E-state index in [-0.39, 0.29) is 24.0 Å². The second-order valence-corrected chi connectivity index (χ2v) is 14.6. The van der Waals surface area contributed by atoms with Crippen molar-refractivity contribution in [2.45, 2.75) is 44.7 Å². The fourth-order valence-electron chi connectivity index (χ4n) is 7.55. The van der Waals surface area contributed by atoms with Crippen LogP contribution >= 0.6 is 23.2 Å². The van der Waals surface area contributed by atoms with Crippen LogP contribution in [0.3, 0.4) is 0 Å². The Labute approximate surface area is 318 Å². The molecule has 53 heavy (non-hydrogen) atoms. The molecule has 0 aliphatic carbocycles. The lowest BCUT2D eigenvalue weighted by Crippen LogP contribution is -2.48. The molecule has 3 amide bonds. The summed E-state index contributed by atoms with van der Waals surface area (Å²) in [5, 5.41) is 8.48. The number of imidazole rings is 1. The zero-order chi connectivity index (χ0) is 36.5. The van der Waals surface area contributed by atoms with Gasteiger partial charge in [-0.15, -0.1) is 0 Å². The molecular formula is C41H40Cl2N8O2. The number of hydrogen-bond acceptors (Lipinski definition) is 5. The molecule has 0 spiro atoms. The van der Waals surface area contributed by atoms with Gasteiger partial charge >= 0.3 is 6.03 Å². The van der Waals surface area contributed by atoms with E-state index in [1.807, 2.05) is 96.2 Å². The summed E-state index contributed by atoms with van der Waals surface area (Å²) in [6, 6.07) is 27.1. The molecule has 5 heterocycles. The van der Waals surface area contributed by atoms with Gasteiger partial charge in [-0.05, 0) is 74.6 Å². The number of likely N-dealkylation sites (tertiary alicyclic amines) is 1. The third-order valence-electron chi connectivity index (χ3n) is 10.4. The molecule has 3 N–H and O–H groups in total. The highest BCUT2D eigenvalue weighted by Gasteiger charge is 2.30. The number of amides is 3. The number of carbonyl (C=O) groups is 2. The molecule has 2 aliphatic rings. The van der Waals surface area contributed by atoms with E-state index < -0.39 is 0 Å². The average Bonchev–Trinajstić information content (AvgIpc) is 3.95. The van der Waals surface area contributed by atoms with Crippen LogP contribution in [0.2, 0.25) is 10.0 Å². The van der Waals surface area contributed by atoms with E-state index in [0.717, 1.165) is 72.2 Å². The largest absolute Gasteiger partial charge is 0.355 e. The van der Waals surface area contributed by atoms with Gasteiger partial charge in [-0.1, -0.05) is 71.7 Å². The number of anilines is 2. The number of pyridine rings is 1. The van der Waals surface area contributed by atoms with Crippen molar-refractivity contribution in [2.75, 3.05) is 36.4 Å². The van der Waals surface area contributed by atoms with Gasteiger partial charge in [0.15, 0.2) is 5.82 Å². The quantitative estimate of drug-likeness (QED) is 0.144. The molecule has 0 saturated carbocycles. The number of carbonyl (C=O) groups excluding carboxylic acids is 2. The van der Waals surface area contributed by atoms with E-state index >= 15 is 0 Å². The third-order valence-corrected chi connectivity index (χ3v) is 10.9. The standard InChI is InChI=1S/C41H40Cl2N8O2/c1-26(27-11-13-29(42)14-12-27)51-25-45-36(28-8-3-2-4-9-28)38(51)35-32-16-15-30(43)24-34(32)47-37(35)40(52)48-33-10-7-19-44-39(33)49-22-17-31(18-23-49)46-41(53)50-20-5-6-21-50/h2-4,7-16,19,24-26,31,47H,5-6,17-18,20-23H2,1H3,(H,46,53)(H,48,52). The monoisotopic (exact) mass is 746 g/mol. The van der Waals surface area contributed by atoms with Gasteiger partial charge in [-0.3, -0.25) is 4.79 Å². The Morgan fingerprint density at radius 2 is 1.60 bits per heavy atom. The number of halogens is 2. The van der Waals surface area contributed by atoms with Crippen molar-refractivity contribution >= 4 is 57.5 Å². The fourth-order valence-corrected chi connectivity index (χ4v) is 7.85. The van der Waals surface area contributed by atoms with Crippen molar-refractivity contribution in [1.82, 2.24) is 29.7 Å². The zero-order valence-corrected chi connectivity index (χ0v) is 30.9. The number of fused-ring (bicyclic) bond motifs is 1. The normalized spacial score (nSPS) is 15.5. The first-order chi connectivity index (χ1) is 25.8. The van der Waals surface area contributed by atoms with E-state index in [1.54, 1.807) is 6.20 Å². The Bertz CT molecular complexity index is 2260.